The first-order chi connectivity index (χ1) is 4.79. The Balaban J connectivity index is 2.37. The van der Waals surface area contributed by atoms with E-state index in [1.54, 1.807) is 0 Å². The van der Waals surface area contributed by atoms with Crippen LogP contribution in [-0.2, 0) is 0 Å². The van der Waals surface area contributed by atoms with Crippen molar-refractivity contribution in [1.82, 2.24) is 5.43 Å². The normalized spacial score (nSPS) is 23.3. The van der Waals surface area contributed by atoms with E-state index in [9.17, 15) is 0 Å². The van der Waals surface area contributed by atoms with Crippen LogP contribution in [0.5, 0.6) is 0 Å². The van der Waals surface area contributed by atoms with Crippen LogP contribution in [0.2, 0.25) is 0 Å². The van der Waals surface area contributed by atoms with Crippen LogP contribution < -0.4 is 11.3 Å². The molecule has 0 aromatic heterocycles. The Bertz CT molecular complexity index is 144. The first kappa shape index (κ1) is 7.59. The summed E-state index contributed by atoms with van der Waals surface area (Å²) < 4.78 is 0. The third-order valence-corrected chi connectivity index (χ3v) is 2.25. The summed E-state index contributed by atoms with van der Waals surface area (Å²) in [7, 11) is 0. The summed E-state index contributed by atoms with van der Waals surface area (Å²) >= 11 is 0. The molecule has 2 atom stereocenters. The molecule has 1 rings (SSSR count). The van der Waals surface area contributed by atoms with Gasteiger partial charge in [-0.15, -0.1) is 6.42 Å². The summed E-state index contributed by atoms with van der Waals surface area (Å²) in [4.78, 5) is 0. The number of nitrogens with two attached hydrogens (primary N) is 1. The summed E-state index contributed by atoms with van der Waals surface area (Å²) in [5.74, 6) is 9.25. The smallest absolute Gasteiger partial charge is 0.0842 e. The largest absolute Gasteiger partial charge is 0.270 e. The summed E-state index contributed by atoms with van der Waals surface area (Å²) in [6.07, 6.45) is 7.90. The highest BCUT2D eigenvalue weighted by atomic mass is 15.2. The quantitative estimate of drug-likeness (QED) is 0.338. The van der Waals surface area contributed by atoms with Crippen molar-refractivity contribution in [2.24, 2.45) is 17.7 Å². The van der Waals surface area contributed by atoms with Crippen molar-refractivity contribution in [2.75, 3.05) is 0 Å². The van der Waals surface area contributed by atoms with Gasteiger partial charge in [0.2, 0.25) is 0 Å². The molecular formula is C8H14N2. The lowest BCUT2D eigenvalue weighted by atomic mass is 9.98. The van der Waals surface area contributed by atoms with Crippen LogP contribution >= 0.6 is 0 Å². The van der Waals surface area contributed by atoms with E-state index >= 15 is 0 Å². The van der Waals surface area contributed by atoms with Gasteiger partial charge in [0, 0.05) is 0 Å². The zero-order valence-corrected chi connectivity index (χ0v) is 6.30. The van der Waals surface area contributed by atoms with Crippen molar-refractivity contribution >= 4 is 0 Å². The zero-order chi connectivity index (χ0) is 7.56. The van der Waals surface area contributed by atoms with Crippen LogP contribution in [0, 0.1) is 24.2 Å². The van der Waals surface area contributed by atoms with E-state index in [0.29, 0.717) is 5.92 Å². The second-order valence-electron chi connectivity index (χ2n) is 3.01. The summed E-state index contributed by atoms with van der Waals surface area (Å²) in [5.41, 5.74) is 2.64. The SMILES string of the molecule is C#CC(NN)C(C)C1CC1. The molecule has 0 amide bonds. The van der Waals surface area contributed by atoms with Gasteiger partial charge in [0.15, 0.2) is 0 Å². The Morgan fingerprint density at radius 2 is 2.30 bits per heavy atom. The van der Waals surface area contributed by atoms with Crippen molar-refractivity contribution in [3.63, 3.8) is 0 Å². The number of terminal acetylenes is 1. The molecule has 0 aromatic rings. The molecule has 0 saturated heterocycles. The predicted octanol–water partition coefficient (Wildman–Crippen LogP) is 0.498. The van der Waals surface area contributed by atoms with Crippen molar-refractivity contribution in [3.05, 3.63) is 0 Å². The van der Waals surface area contributed by atoms with Crippen molar-refractivity contribution in [2.45, 2.75) is 25.8 Å². The Morgan fingerprint density at radius 1 is 1.70 bits per heavy atom. The molecular weight excluding hydrogens is 124 g/mol. The highest BCUT2D eigenvalue weighted by Crippen LogP contribution is 2.37. The molecule has 0 aliphatic heterocycles. The van der Waals surface area contributed by atoms with Gasteiger partial charge in [0.05, 0.1) is 6.04 Å². The van der Waals surface area contributed by atoms with Crippen LogP contribution in [0.4, 0.5) is 0 Å². The zero-order valence-electron chi connectivity index (χ0n) is 6.30. The Morgan fingerprint density at radius 3 is 2.60 bits per heavy atom. The van der Waals surface area contributed by atoms with E-state index in [0.717, 1.165) is 5.92 Å². The van der Waals surface area contributed by atoms with Crippen LogP contribution in [-0.4, -0.2) is 6.04 Å². The fourth-order valence-corrected chi connectivity index (χ4v) is 1.25. The van der Waals surface area contributed by atoms with Gasteiger partial charge < -0.3 is 0 Å². The van der Waals surface area contributed by atoms with E-state index in [4.69, 9.17) is 12.3 Å². The van der Waals surface area contributed by atoms with Gasteiger partial charge in [-0.2, -0.15) is 0 Å². The third-order valence-electron chi connectivity index (χ3n) is 2.25. The first-order valence-electron chi connectivity index (χ1n) is 3.72. The lowest BCUT2D eigenvalue weighted by molar-refractivity contribution is 0.408. The summed E-state index contributed by atoms with van der Waals surface area (Å²) in [5, 5.41) is 0. The van der Waals surface area contributed by atoms with Crippen molar-refractivity contribution in [3.8, 4) is 12.3 Å². The molecule has 0 bridgehead atoms. The molecule has 2 unspecified atom stereocenters. The van der Waals surface area contributed by atoms with Gasteiger partial charge in [-0.05, 0) is 24.7 Å². The van der Waals surface area contributed by atoms with Gasteiger partial charge in [0.25, 0.3) is 0 Å². The molecule has 1 aliphatic rings. The monoisotopic (exact) mass is 138 g/mol. The lowest BCUT2D eigenvalue weighted by Gasteiger charge is -2.16. The Labute approximate surface area is 62.1 Å². The molecule has 3 N–H and O–H groups in total. The first-order valence-corrected chi connectivity index (χ1v) is 3.72. The molecule has 1 saturated carbocycles. The Kier molecular flexibility index (Phi) is 2.31. The molecule has 1 fully saturated rings. The topological polar surface area (TPSA) is 38.0 Å². The molecule has 56 valence electrons. The minimum Gasteiger partial charge on any atom is -0.270 e. The van der Waals surface area contributed by atoms with E-state index in [1.165, 1.54) is 12.8 Å². The van der Waals surface area contributed by atoms with E-state index in [-0.39, 0.29) is 6.04 Å². The second kappa shape index (κ2) is 3.05. The number of hydrogen-bond acceptors (Lipinski definition) is 2. The van der Waals surface area contributed by atoms with Gasteiger partial charge in [-0.3, -0.25) is 5.84 Å². The fraction of sp³-hybridized carbons (Fsp3) is 0.750. The van der Waals surface area contributed by atoms with Crippen LogP contribution in [0.15, 0.2) is 0 Å². The highest BCUT2D eigenvalue weighted by molar-refractivity contribution is 5.03. The predicted molar refractivity (Wildman–Crippen MR) is 41.8 cm³/mol. The van der Waals surface area contributed by atoms with Crippen LogP contribution in [0.1, 0.15) is 19.8 Å². The molecule has 0 heterocycles. The van der Waals surface area contributed by atoms with Crippen LogP contribution in [0.3, 0.4) is 0 Å². The summed E-state index contributed by atoms with van der Waals surface area (Å²) in [6.45, 7) is 2.15. The van der Waals surface area contributed by atoms with E-state index in [1.807, 2.05) is 0 Å². The van der Waals surface area contributed by atoms with Crippen molar-refractivity contribution in [1.29, 1.82) is 0 Å². The second-order valence-corrected chi connectivity index (χ2v) is 3.01. The molecule has 2 heteroatoms. The average molecular weight is 138 g/mol. The van der Waals surface area contributed by atoms with Gasteiger partial charge in [-0.1, -0.05) is 12.8 Å². The van der Waals surface area contributed by atoms with Crippen LogP contribution in [0.25, 0.3) is 0 Å². The molecule has 0 spiro atoms. The lowest BCUT2D eigenvalue weighted by Crippen LogP contribution is -2.39. The summed E-state index contributed by atoms with van der Waals surface area (Å²) in [6, 6.07) is 0.0625. The van der Waals surface area contributed by atoms with Gasteiger partial charge in [-0.25, -0.2) is 5.43 Å². The van der Waals surface area contributed by atoms with Gasteiger partial charge >= 0.3 is 0 Å². The maximum Gasteiger partial charge on any atom is 0.0842 e. The molecule has 0 aromatic carbocycles. The fourth-order valence-electron chi connectivity index (χ4n) is 1.25. The maximum atomic E-state index is 5.26. The van der Waals surface area contributed by atoms with Crippen molar-refractivity contribution < 1.29 is 0 Å². The standard InChI is InChI=1S/C8H14N2/c1-3-8(10-9)6(2)7-4-5-7/h1,6-8,10H,4-5,9H2,2H3. The average Bonchev–Trinajstić information content (AvgIpc) is 2.71. The maximum absolute atomic E-state index is 5.26. The highest BCUT2D eigenvalue weighted by Gasteiger charge is 2.31. The molecule has 0 radical (unpaired) electrons. The molecule has 1 aliphatic carbocycles. The van der Waals surface area contributed by atoms with E-state index < -0.39 is 0 Å². The number of rotatable bonds is 3. The molecule has 2 nitrogen and oxygen atoms in total. The minimum absolute atomic E-state index is 0.0625. The number of hydrazine groups is 1. The molecule has 10 heavy (non-hydrogen) atoms. The minimum atomic E-state index is 0.0625. The van der Waals surface area contributed by atoms with Gasteiger partial charge in [0.1, 0.15) is 0 Å². The number of hydrogen-bond donors (Lipinski definition) is 2. The number of nitrogens with one attached hydrogen (secondary N) is 1. The van der Waals surface area contributed by atoms with E-state index in [2.05, 4.69) is 18.3 Å². The Hall–Kier alpha value is -0.520. The third kappa shape index (κ3) is 1.50.